The molecule has 0 aliphatic carbocycles. The Morgan fingerprint density at radius 3 is 2.44 bits per heavy atom. The Bertz CT molecular complexity index is 542. The van der Waals surface area contributed by atoms with Crippen LogP contribution in [0, 0.1) is 6.92 Å². The highest BCUT2D eigenvalue weighted by Gasteiger charge is 2.23. The van der Waals surface area contributed by atoms with E-state index in [0.717, 1.165) is 28.8 Å². The zero-order valence-corrected chi connectivity index (χ0v) is 11.1. The zero-order valence-electron chi connectivity index (χ0n) is 10.2. The average Bonchev–Trinajstić information content (AvgIpc) is 2.71. The highest BCUT2D eigenvalue weighted by molar-refractivity contribution is 7.87. The van der Waals surface area contributed by atoms with Crippen LogP contribution in [-0.2, 0) is 15.0 Å². The number of nitrogens with zero attached hydrogens (tertiary/aromatic N) is 2. The summed E-state index contributed by atoms with van der Waals surface area (Å²) in [7, 11) is -3.72. The summed E-state index contributed by atoms with van der Waals surface area (Å²) >= 11 is 0. The number of carbonyl (C=O) groups is 1. The number of likely N-dealkylation sites (tertiary alicyclic amines) is 1. The topological polar surface area (TPSA) is 85.4 Å². The maximum Gasteiger partial charge on any atom is 0.302 e. The van der Waals surface area contributed by atoms with Crippen LogP contribution in [0.25, 0.3) is 0 Å². The van der Waals surface area contributed by atoms with Gasteiger partial charge < -0.3 is 4.90 Å². The van der Waals surface area contributed by atoms with Crippen LogP contribution in [0.5, 0.6) is 0 Å². The van der Waals surface area contributed by atoms with Gasteiger partial charge in [-0.25, -0.2) is 9.11 Å². The molecule has 0 unspecified atom stereocenters. The lowest BCUT2D eigenvalue weighted by Crippen LogP contribution is -2.31. The van der Waals surface area contributed by atoms with Crippen LogP contribution in [0.2, 0.25) is 0 Å². The van der Waals surface area contributed by atoms with E-state index in [-0.39, 0.29) is 0 Å². The molecule has 1 aromatic rings. The molecular weight excluding hydrogens is 254 g/mol. The van der Waals surface area contributed by atoms with Gasteiger partial charge in [-0.2, -0.15) is 8.42 Å². The Morgan fingerprint density at radius 2 is 2.00 bits per heavy atom. The van der Waals surface area contributed by atoms with Gasteiger partial charge in [0, 0.05) is 25.0 Å². The molecular formula is C11H17N3O3S. The molecule has 1 aromatic heterocycles. The van der Waals surface area contributed by atoms with Crippen molar-refractivity contribution in [3.05, 3.63) is 23.5 Å². The molecule has 0 bridgehead atoms. The highest BCUT2D eigenvalue weighted by Crippen LogP contribution is 2.30. The van der Waals surface area contributed by atoms with Gasteiger partial charge >= 0.3 is 10.2 Å². The van der Waals surface area contributed by atoms with Crippen molar-refractivity contribution < 1.29 is 13.2 Å². The Hall–Kier alpha value is -1.34. The van der Waals surface area contributed by atoms with Gasteiger partial charge in [-0.1, -0.05) is 0 Å². The highest BCUT2D eigenvalue weighted by atomic mass is 32.2. The molecule has 0 saturated carbocycles. The third kappa shape index (κ3) is 2.41. The fraction of sp³-hybridized carbons (Fsp3) is 0.545. The summed E-state index contributed by atoms with van der Waals surface area (Å²) in [5, 5.41) is 5.12. The van der Waals surface area contributed by atoms with Crippen molar-refractivity contribution in [1.29, 1.82) is 0 Å². The summed E-state index contributed by atoms with van der Waals surface area (Å²) in [5.41, 5.74) is 1.68. The first-order valence-corrected chi connectivity index (χ1v) is 7.34. The first-order valence-electron chi connectivity index (χ1n) is 5.84. The summed E-state index contributed by atoms with van der Waals surface area (Å²) in [5.74, 6) is 0.296. The molecule has 2 rings (SSSR count). The Balaban J connectivity index is 2.21. The number of amides is 1. The van der Waals surface area contributed by atoms with Crippen molar-refractivity contribution in [2.75, 3.05) is 13.1 Å². The molecule has 1 saturated heterocycles. The number of aromatic nitrogens is 1. The Morgan fingerprint density at radius 1 is 1.39 bits per heavy atom. The second-order valence-corrected chi connectivity index (χ2v) is 6.04. The predicted octanol–water partition coefficient (Wildman–Crippen LogP) is 0.184. The van der Waals surface area contributed by atoms with Gasteiger partial charge in [0.1, 0.15) is 0 Å². The van der Waals surface area contributed by atoms with Gasteiger partial charge in [-0.05, 0) is 37.3 Å². The van der Waals surface area contributed by atoms with Crippen LogP contribution in [-0.4, -0.2) is 36.8 Å². The zero-order chi connectivity index (χ0) is 13.3. The van der Waals surface area contributed by atoms with Crippen molar-refractivity contribution in [3.63, 3.8) is 0 Å². The van der Waals surface area contributed by atoms with Crippen molar-refractivity contribution in [3.8, 4) is 0 Å². The van der Waals surface area contributed by atoms with Crippen LogP contribution < -0.4 is 5.14 Å². The largest absolute Gasteiger partial charge is 0.345 e. The molecule has 1 aliphatic rings. The van der Waals surface area contributed by atoms with E-state index in [1.54, 1.807) is 17.9 Å². The quantitative estimate of drug-likeness (QED) is 0.796. The maximum atomic E-state index is 11.3. The average molecular weight is 271 g/mol. The van der Waals surface area contributed by atoms with Gasteiger partial charge in [0.2, 0.25) is 6.41 Å². The molecule has 0 spiro atoms. The number of rotatable bonds is 3. The van der Waals surface area contributed by atoms with E-state index in [9.17, 15) is 13.2 Å². The van der Waals surface area contributed by atoms with Crippen LogP contribution in [0.15, 0.2) is 12.3 Å². The van der Waals surface area contributed by atoms with Gasteiger partial charge in [0.25, 0.3) is 0 Å². The molecule has 0 aromatic carbocycles. The van der Waals surface area contributed by atoms with Crippen molar-refractivity contribution in [2.24, 2.45) is 5.14 Å². The third-order valence-corrected chi connectivity index (χ3v) is 4.47. The Labute approximate surface area is 107 Å². The molecule has 1 aliphatic heterocycles. The lowest BCUT2D eigenvalue weighted by atomic mass is 9.90. The molecule has 0 radical (unpaired) electrons. The van der Waals surface area contributed by atoms with E-state index in [4.69, 9.17) is 5.14 Å². The minimum Gasteiger partial charge on any atom is -0.345 e. The normalized spacial score (nSPS) is 18.0. The van der Waals surface area contributed by atoms with Crippen LogP contribution in [0.1, 0.15) is 30.0 Å². The fourth-order valence-corrected chi connectivity index (χ4v) is 3.25. The van der Waals surface area contributed by atoms with Crippen LogP contribution in [0.3, 0.4) is 0 Å². The van der Waals surface area contributed by atoms with E-state index in [1.807, 2.05) is 0 Å². The van der Waals surface area contributed by atoms with Crippen LogP contribution >= 0.6 is 0 Å². The van der Waals surface area contributed by atoms with Crippen molar-refractivity contribution in [1.82, 2.24) is 8.87 Å². The van der Waals surface area contributed by atoms with Gasteiger partial charge in [-0.3, -0.25) is 4.79 Å². The first-order chi connectivity index (χ1) is 8.43. The number of hydrogen-bond donors (Lipinski definition) is 1. The maximum absolute atomic E-state index is 11.3. The first kappa shape index (κ1) is 13.1. The fourth-order valence-electron chi connectivity index (χ4n) is 2.53. The van der Waals surface area contributed by atoms with Crippen molar-refractivity contribution in [2.45, 2.75) is 25.7 Å². The van der Waals surface area contributed by atoms with Gasteiger partial charge in [0.05, 0.1) is 0 Å². The summed E-state index contributed by atoms with van der Waals surface area (Å²) in [6.07, 6.45) is 4.06. The minimum absolute atomic E-state index is 0.296. The van der Waals surface area contributed by atoms with Gasteiger partial charge in [-0.15, -0.1) is 0 Å². The molecule has 2 heterocycles. The van der Waals surface area contributed by atoms with E-state index in [2.05, 4.69) is 0 Å². The lowest BCUT2D eigenvalue weighted by Gasteiger charge is -2.29. The lowest BCUT2D eigenvalue weighted by molar-refractivity contribution is -0.119. The number of nitrogens with two attached hydrogens (primary N) is 1. The molecule has 100 valence electrons. The van der Waals surface area contributed by atoms with Crippen molar-refractivity contribution >= 4 is 16.6 Å². The summed E-state index contributed by atoms with van der Waals surface area (Å²) < 4.78 is 23.8. The monoisotopic (exact) mass is 271 g/mol. The second kappa shape index (κ2) is 4.74. The summed E-state index contributed by atoms with van der Waals surface area (Å²) in [4.78, 5) is 12.4. The number of piperidine rings is 1. The molecule has 18 heavy (non-hydrogen) atoms. The molecule has 1 amide bonds. The summed E-state index contributed by atoms with van der Waals surface area (Å²) in [6.45, 7) is 3.19. The van der Waals surface area contributed by atoms with E-state index in [0.29, 0.717) is 24.7 Å². The summed E-state index contributed by atoms with van der Waals surface area (Å²) in [6, 6.07) is 1.81. The Kier molecular flexibility index (Phi) is 3.45. The van der Waals surface area contributed by atoms with E-state index in [1.165, 1.54) is 6.20 Å². The van der Waals surface area contributed by atoms with Crippen LogP contribution in [0.4, 0.5) is 0 Å². The third-order valence-electron chi connectivity index (χ3n) is 3.53. The smallest absolute Gasteiger partial charge is 0.302 e. The number of hydrogen-bond acceptors (Lipinski definition) is 3. The SMILES string of the molecule is Cc1c(C2CCN(C=O)CC2)ccn1S(N)(=O)=O. The number of carbonyl (C=O) groups excluding carboxylic acids is 1. The molecule has 1 fully saturated rings. The molecule has 6 nitrogen and oxygen atoms in total. The van der Waals surface area contributed by atoms with E-state index >= 15 is 0 Å². The minimum atomic E-state index is -3.72. The molecule has 0 atom stereocenters. The molecule has 2 N–H and O–H groups in total. The predicted molar refractivity (Wildman–Crippen MR) is 67.3 cm³/mol. The second-order valence-electron chi connectivity index (χ2n) is 4.61. The van der Waals surface area contributed by atoms with E-state index < -0.39 is 10.2 Å². The molecule has 7 heteroatoms. The van der Waals surface area contributed by atoms with Gasteiger partial charge in [0.15, 0.2) is 0 Å². The standard InChI is InChI=1S/C11H17N3O3S/c1-9-11(4-7-14(9)18(12,16)17)10-2-5-13(8-15)6-3-10/h4,7-8,10H,2-3,5-6H2,1H3,(H2,12,16,17).